The second kappa shape index (κ2) is 9.65. The summed E-state index contributed by atoms with van der Waals surface area (Å²) in [5, 5.41) is 0. The van der Waals surface area contributed by atoms with E-state index in [4.69, 9.17) is 18.9 Å². The Bertz CT molecular complexity index is 806. The maximum atomic E-state index is 12.9. The maximum absolute atomic E-state index is 12.9. The Hall–Kier alpha value is -2.73. The predicted molar refractivity (Wildman–Crippen MR) is 111 cm³/mol. The van der Waals surface area contributed by atoms with Crippen LogP contribution in [0.15, 0.2) is 48.5 Å². The summed E-state index contributed by atoms with van der Waals surface area (Å²) in [4.78, 5) is 14.7. The summed E-state index contributed by atoms with van der Waals surface area (Å²) in [5.74, 6) is 1.93. The number of carbonyl (C=O) groups excluding carboxylic acids is 1. The standard InChI is InChI=1S/C23H29NO5/c1-4-26-21-16-18(22(25)24-12-13-29-23(2,3)17-24)10-11-20(21)28-15-14-27-19-8-6-5-7-9-19/h5-11,16H,4,12-15,17H2,1-3H3. The molecule has 0 radical (unpaired) electrons. The maximum Gasteiger partial charge on any atom is 0.254 e. The van der Waals surface area contributed by atoms with Gasteiger partial charge in [0.05, 0.1) is 18.8 Å². The zero-order valence-electron chi connectivity index (χ0n) is 17.3. The molecule has 1 heterocycles. The summed E-state index contributed by atoms with van der Waals surface area (Å²) in [7, 11) is 0. The Morgan fingerprint density at radius 2 is 1.79 bits per heavy atom. The topological polar surface area (TPSA) is 57.2 Å². The number of amides is 1. The van der Waals surface area contributed by atoms with Gasteiger partial charge in [-0.1, -0.05) is 18.2 Å². The highest BCUT2D eigenvalue weighted by Gasteiger charge is 2.30. The summed E-state index contributed by atoms with van der Waals surface area (Å²) in [6, 6.07) is 14.9. The summed E-state index contributed by atoms with van der Waals surface area (Å²) in [6.07, 6.45) is 0. The molecule has 0 aromatic heterocycles. The minimum atomic E-state index is -0.335. The van der Waals surface area contributed by atoms with E-state index < -0.39 is 0 Å². The van der Waals surface area contributed by atoms with Gasteiger partial charge in [0, 0.05) is 18.7 Å². The lowest BCUT2D eigenvalue weighted by molar-refractivity contribution is -0.0764. The molecule has 29 heavy (non-hydrogen) atoms. The molecule has 3 rings (SSSR count). The minimum Gasteiger partial charge on any atom is -0.490 e. The number of morpholine rings is 1. The molecule has 1 fully saturated rings. The molecule has 1 aliphatic heterocycles. The number of benzene rings is 2. The highest BCUT2D eigenvalue weighted by Crippen LogP contribution is 2.30. The third-order valence-corrected chi connectivity index (χ3v) is 4.56. The van der Waals surface area contributed by atoms with Gasteiger partial charge in [-0.15, -0.1) is 0 Å². The van der Waals surface area contributed by atoms with Gasteiger partial charge in [-0.3, -0.25) is 4.79 Å². The van der Waals surface area contributed by atoms with Gasteiger partial charge in [0.1, 0.15) is 19.0 Å². The van der Waals surface area contributed by atoms with Crippen LogP contribution in [0.5, 0.6) is 17.2 Å². The van der Waals surface area contributed by atoms with Gasteiger partial charge in [-0.05, 0) is 51.1 Å². The van der Waals surface area contributed by atoms with E-state index in [-0.39, 0.29) is 11.5 Å². The molecule has 156 valence electrons. The van der Waals surface area contributed by atoms with Gasteiger partial charge in [-0.25, -0.2) is 0 Å². The van der Waals surface area contributed by atoms with Crippen molar-refractivity contribution in [1.82, 2.24) is 4.90 Å². The molecule has 6 heteroatoms. The molecular weight excluding hydrogens is 370 g/mol. The number of rotatable bonds is 8. The highest BCUT2D eigenvalue weighted by atomic mass is 16.5. The van der Waals surface area contributed by atoms with E-state index in [2.05, 4.69) is 0 Å². The molecule has 6 nitrogen and oxygen atoms in total. The second-order valence-corrected chi connectivity index (χ2v) is 7.44. The van der Waals surface area contributed by atoms with Crippen LogP contribution >= 0.6 is 0 Å². The lowest BCUT2D eigenvalue weighted by Gasteiger charge is -2.38. The van der Waals surface area contributed by atoms with E-state index >= 15 is 0 Å². The van der Waals surface area contributed by atoms with Gasteiger partial charge in [-0.2, -0.15) is 0 Å². The lowest BCUT2D eigenvalue weighted by Crippen LogP contribution is -2.50. The monoisotopic (exact) mass is 399 g/mol. The van der Waals surface area contributed by atoms with Crippen LogP contribution in [0.3, 0.4) is 0 Å². The largest absolute Gasteiger partial charge is 0.490 e. The molecule has 0 bridgehead atoms. The average molecular weight is 399 g/mol. The molecule has 2 aromatic rings. The zero-order chi connectivity index (χ0) is 20.7. The molecular formula is C23H29NO5. The fraction of sp³-hybridized carbons (Fsp3) is 0.435. The first-order valence-electron chi connectivity index (χ1n) is 9.99. The third-order valence-electron chi connectivity index (χ3n) is 4.56. The van der Waals surface area contributed by atoms with Crippen molar-refractivity contribution < 1.29 is 23.7 Å². The van der Waals surface area contributed by atoms with Crippen molar-refractivity contribution in [2.24, 2.45) is 0 Å². The SMILES string of the molecule is CCOc1cc(C(=O)N2CCOC(C)(C)C2)ccc1OCCOc1ccccc1. The first-order chi connectivity index (χ1) is 14.0. The number of nitrogens with zero attached hydrogens (tertiary/aromatic N) is 1. The smallest absolute Gasteiger partial charge is 0.254 e. The fourth-order valence-electron chi connectivity index (χ4n) is 3.23. The normalized spacial score (nSPS) is 15.6. The fourth-order valence-corrected chi connectivity index (χ4v) is 3.23. The van der Waals surface area contributed by atoms with E-state index in [0.717, 1.165) is 5.75 Å². The van der Waals surface area contributed by atoms with E-state index in [1.165, 1.54) is 0 Å². The molecule has 1 amide bonds. The van der Waals surface area contributed by atoms with Crippen molar-refractivity contribution >= 4 is 5.91 Å². The first-order valence-corrected chi connectivity index (χ1v) is 9.99. The van der Waals surface area contributed by atoms with E-state index in [9.17, 15) is 4.79 Å². The molecule has 0 spiro atoms. The minimum absolute atomic E-state index is 0.0266. The number of para-hydroxylation sites is 1. The number of hydrogen-bond acceptors (Lipinski definition) is 5. The molecule has 0 saturated carbocycles. The summed E-state index contributed by atoms with van der Waals surface area (Å²) in [5.41, 5.74) is 0.248. The van der Waals surface area contributed by atoms with Crippen LogP contribution < -0.4 is 14.2 Å². The van der Waals surface area contributed by atoms with Gasteiger partial charge >= 0.3 is 0 Å². The average Bonchev–Trinajstić information content (AvgIpc) is 2.71. The molecule has 0 aliphatic carbocycles. The van der Waals surface area contributed by atoms with Crippen LogP contribution in [-0.2, 0) is 4.74 Å². The predicted octanol–water partition coefficient (Wildman–Crippen LogP) is 3.79. The number of ether oxygens (including phenoxy) is 4. The quantitative estimate of drug-likeness (QED) is 0.632. The molecule has 1 aliphatic rings. The molecule has 1 saturated heterocycles. The molecule has 0 N–H and O–H groups in total. The van der Waals surface area contributed by atoms with E-state index in [0.29, 0.717) is 56.6 Å². The third kappa shape index (κ3) is 5.87. The number of carbonyl (C=O) groups is 1. The Kier molecular flexibility index (Phi) is 6.99. The van der Waals surface area contributed by atoms with Crippen LogP contribution in [-0.4, -0.2) is 55.9 Å². The zero-order valence-corrected chi connectivity index (χ0v) is 17.3. The Labute approximate surface area is 172 Å². The van der Waals surface area contributed by atoms with E-state index in [1.807, 2.05) is 56.0 Å². The van der Waals surface area contributed by atoms with Crippen LogP contribution in [0.2, 0.25) is 0 Å². The molecule has 0 atom stereocenters. The highest BCUT2D eigenvalue weighted by molar-refractivity contribution is 5.95. The van der Waals surface area contributed by atoms with Crippen LogP contribution in [0.4, 0.5) is 0 Å². The first kappa shape index (κ1) is 21.0. The van der Waals surface area contributed by atoms with Crippen molar-refractivity contribution in [3.8, 4) is 17.2 Å². The van der Waals surface area contributed by atoms with Gasteiger partial charge in [0.2, 0.25) is 0 Å². The number of hydrogen-bond donors (Lipinski definition) is 0. The molecule has 2 aromatic carbocycles. The Morgan fingerprint density at radius 3 is 2.52 bits per heavy atom. The molecule has 0 unspecified atom stereocenters. The van der Waals surface area contributed by atoms with Crippen molar-refractivity contribution in [3.63, 3.8) is 0 Å². The van der Waals surface area contributed by atoms with Gasteiger partial charge in [0.25, 0.3) is 5.91 Å². The summed E-state index contributed by atoms with van der Waals surface area (Å²) >= 11 is 0. The van der Waals surface area contributed by atoms with Crippen LogP contribution in [0.25, 0.3) is 0 Å². The van der Waals surface area contributed by atoms with Crippen molar-refractivity contribution in [2.45, 2.75) is 26.4 Å². The van der Waals surface area contributed by atoms with Gasteiger partial charge < -0.3 is 23.8 Å². The van der Waals surface area contributed by atoms with Crippen molar-refractivity contribution in [3.05, 3.63) is 54.1 Å². The van der Waals surface area contributed by atoms with E-state index in [1.54, 1.807) is 18.2 Å². The lowest BCUT2D eigenvalue weighted by atomic mass is 10.1. The van der Waals surface area contributed by atoms with Crippen molar-refractivity contribution in [1.29, 1.82) is 0 Å². The summed E-state index contributed by atoms with van der Waals surface area (Å²) in [6.45, 7) is 8.85. The Morgan fingerprint density at radius 1 is 1.03 bits per heavy atom. The Balaban J connectivity index is 1.62. The summed E-state index contributed by atoms with van der Waals surface area (Å²) < 4.78 is 22.9. The second-order valence-electron chi connectivity index (χ2n) is 7.44. The van der Waals surface area contributed by atoms with Crippen molar-refractivity contribution in [2.75, 3.05) is 39.5 Å². The van der Waals surface area contributed by atoms with Crippen LogP contribution in [0.1, 0.15) is 31.1 Å². The van der Waals surface area contributed by atoms with Crippen LogP contribution in [0, 0.1) is 0 Å². The van der Waals surface area contributed by atoms with Gasteiger partial charge in [0.15, 0.2) is 11.5 Å².